The molecule has 0 radical (unpaired) electrons. The van der Waals surface area contributed by atoms with Gasteiger partial charge in [0.05, 0.1) is 0 Å². The van der Waals surface area contributed by atoms with Crippen LogP contribution in [-0.2, 0) is 6.42 Å². The van der Waals surface area contributed by atoms with E-state index in [1.54, 1.807) is 0 Å². The SMILES string of the molecule is Cc1ccc(C)c(CC(CC2CCCCCC2)NN)c1. The monoisotopic (exact) mass is 274 g/mol. The second-order valence-electron chi connectivity index (χ2n) is 6.59. The number of aryl methyl sites for hydroxylation is 2. The number of nitrogens with two attached hydrogens (primary N) is 1. The first-order valence-electron chi connectivity index (χ1n) is 8.21. The lowest BCUT2D eigenvalue weighted by Gasteiger charge is -2.23. The lowest BCUT2D eigenvalue weighted by molar-refractivity contribution is 0.352. The molecule has 1 aliphatic rings. The Morgan fingerprint density at radius 1 is 1.15 bits per heavy atom. The van der Waals surface area contributed by atoms with Crippen molar-refractivity contribution in [3.8, 4) is 0 Å². The quantitative estimate of drug-likeness (QED) is 0.483. The minimum atomic E-state index is 0.415. The fraction of sp³-hybridized carbons (Fsp3) is 0.667. The first kappa shape index (κ1) is 15.5. The molecule has 112 valence electrons. The Bertz CT molecular complexity index is 406. The van der Waals surface area contributed by atoms with Gasteiger partial charge in [-0.2, -0.15) is 0 Å². The van der Waals surface area contributed by atoms with Crippen molar-refractivity contribution in [3.63, 3.8) is 0 Å². The van der Waals surface area contributed by atoms with Crippen LogP contribution in [0.4, 0.5) is 0 Å². The summed E-state index contributed by atoms with van der Waals surface area (Å²) in [4.78, 5) is 0. The van der Waals surface area contributed by atoms with E-state index >= 15 is 0 Å². The van der Waals surface area contributed by atoms with Crippen LogP contribution in [-0.4, -0.2) is 6.04 Å². The summed E-state index contributed by atoms with van der Waals surface area (Å²) < 4.78 is 0. The molecule has 2 nitrogen and oxygen atoms in total. The topological polar surface area (TPSA) is 38.0 Å². The number of nitrogens with one attached hydrogen (secondary N) is 1. The van der Waals surface area contributed by atoms with Crippen molar-refractivity contribution < 1.29 is 0 Å². The van der Waals surface area contributed by atoms with Gasteiger partial charge >= 0.3 is 0 Å². The summed E-state index contributed by atoms with van der Waals surface area (Å²) in [5.41, 5.74) is 7.24. The maximum atomic E-state index is 5.81. The summed E-state index contributed by atoms with van der Waals surface area (Å²) in [6, 6.07) is 7.14. The molecule has 0 spiro atoms. The highest BCUT2D eigenvalue weighted by atomic mass is 15.2. The first-order chi connectivity index (χ1) is 9.69. The highest BCUT2D eigenvalue weighted by Gasteiger charge is 2.18. The van der Waals surface area contributed by atoms with Gasteiger partial charge in [-0.1, -0.05) is 62.3 Å². The zero-order valence-corrected chi connectivity index (χ0v) is 13.1. The molecular weight excluding hydrogens is 244 g/mol. The molecule has 2 rings (SSSR count). The maximum Gasteiger partial charge on any atom is 0.0253 e. The Labute approximate surface area is 124 Å². The molecule has 2 heteroatoms. The van der Waals surface area contributed by atoms with Crippen molar-refractivity contribution >= 4 is 0 Å². The number of hydrazine groups is 1. The van der Waals surface area contributed by atoms with Gasteiger partial charge in [0, 0.05) is 6.04 Å². The third-order valence-electron chi connectivity index (χ3n) is 4.80. The molecule has 1 saturated carbocycles. The molecule has 0 aromatic heterocycles. The molecule has 1 aromatic rings. The standard InChI is InChI=1S/C18H30N2/c1-14-9-10-15(2)17(11-14)13-18(20-19)12-16-7-5-3-4-6-8-16/h9-11,16,18,20H,3-8,12-13,19H2,1-2H3. The Morgan fingerprint density at radius 2 is 1.85 bits per heavy atom. The molecule has 0 saturated heterocycles. The molecule has 0 amide bonds. The molecule has 0 bridgehead atoms. The molecule has 0 aliphatic heterocycles. The summed E-state index contributed by atoms with van der Waals surface area (Å²) >= 11 is 0. The fourth-order valence-electron chi connectivity index (χ4n) is 3.50. The highest BCUT2D eigenvalue weighted by molar-refractivity contribution is 5.31. The predicted molar refractivity (Wildman–Crippen MR) is 86.5 cm³/mol. The summed E-state index contributed by atoms with van der Waals surface area (Å²) in [5, 5.41) is 0. The summed E-state index contributed by atoms with van der Waals surface area (Å²) in [6.07, 6.45) is 10.7. The predicted octanol–water partition coefficient (Wildman–Crippen LogP) is 4.04. The number of hydrogen-bond donors (Lipinski definition) is 2. The molecule has 20 heavy (non-hydrogen) atoms. The van der Waals surface area contributed by atoms with Gasteiger partial charge in [-0.15, -0.1) is 0 Å². The molecule has 3 N–H and O–H groups in total. The van der Waals surface area contributed by atoms with Crippen molar-refractivity contribution in [2.24, 2.45) is 11.8 Å². The van der Waals surface area contributed by atoms with Gasteiger partial charge in [0.25, 0.3) is 0 Å². The van der Waals surface area contributed by atoms with Crippen LogP contribution in [0.5, 0.6) is 0 Å². The Morgan fingerprint density at radius 3 is 2.50 bits per heavy atom. The van der Waals surface area contributed by atoms with Crippen LogP contribution in [0.25, 0.3) is 0 Å². The van der Waals surface area contributed by atoms with Gasteiger partial charge in [-0.3, -0.25) is 11.3 Å². The van der Waals surface area contributed by atoms with Crippen molar-refractivity contribution in [1.82, 2.24) is 5.43 Å². The normalized spacial score (nSPS) is 18.8. The molecule has 1 aliphatic carbocycles. The average molecular weight is 274 g/mol. The van der Waals surface area contributed by atoms with Gasteiger partial charge in [-0.05, 0) is 43.7 Å². The van der Waals surface area contributed by atoms with E-state index in [1.165, 1.54) is 61.6 Å². The van der Waals surface area contributed by atoms with Gasteiger partial charge in [0.15, 0.2) is 0 Å². The molecule has 1 atom stereocenters. The van der Waals surface area contributed by atoms with Gasteiger partial charge in [-0.25, -0.2) is 0 Å². The highest BCUT2D eigenvalue weighted by Crippen LogP contribution is 2.27. The molecule has 1 aromatic carbocycles. The first-order valence-corrected chi connectivity index (χ1v) is 8.21. The zero-order chi connectivity index (χ0) is 14.4. The van der Waals surface area contributed by atoms with E-state index in [-0.39, 0.29) is 0 Å². The number of benzene rings is 1. The van der Waals surface area contributed by atoms with Crippen molar-refractivity contribution in [1.29, 1.82) is 0 Å². The summed E-state index contributed by atoms with van der Waals surface area (Å²) in [7, 11) is 0. The molecule has 1 unspecified atom stereocenters. The van der Waals surface area contributed by atoms with Gasteiger partial charge < -0.3 is 0 Å². The largest absolute Gasteiger partial charge is 0.271 e. The number of rotatable bonds is 5. The lowest BCUT2D eigenvalue weighted by atomic mass is 9.89. The lowest BCUT2D eigenvalue weighted by Crippen LogP contribution is -2.38. The fourth-order valence-corrected chi connectivity index (χ4v) is 3.50. The van der Waals surface area contributed by atoms with E-state index in [0.29, 0.717) is 6.04 Å². The maximum absolute atomic E-state index is 5.81. The van der Waals surface area contributed by atoms with E-state index < -0.39 is 0 Å². The molecule has 0 heterocycles. The zero-order valence-electron chi connectivity index (χ0n) is 13.1. The van der Waals surface area contributed by atoms with Crippen LogP contribution in [0.2, 0.25) is 0 Å². The second kappa shape index (κ2) is 7.80. The Hall–Kier alpha value is -0.860. The van der Waals surface area contributed by atoms with Crippen LogP contribution < -0.4 is 11.3 Å². The average Bonchev–Trinajstić information content (AvgIpc) is 2.70. The van der Waals surface area contributed by atoms with Crippen molar-refractivity contribution in [2.45, 2.75) is 71.3 Å². The minimum Gasteiger partial charge on any atom is -0.271 e. The molecule has 1 fully saturated rings. The smallest absolute Gasteiger partial charge is 0.0253 e. The van der Waals surface area contributed by atoms with Crippen LogP contribution >= 0.6 is 0 Å². The van der Waals surface area contributed by atoms with E-state index in [2.05, 4.69) is 37.5 Å². The second-order valence-corrected chi connectivity index (χ2v) is 6.59. The van der Waals surface area contributed by atoms with Crippen molar-refractivity contribution in [3.05, 3.63) is 34.9 Å². The van der Waals surface area contributed by atoms with Crippen LogP contribution in [0.3, 0.4) is 0 Å². The van der Waals surface area contributed by atoms with Gasteiger partial charge in [0.2, 0.25) is 0 Å². The van der Waals surface area contributed by atoms with Gasteiger partial charge in [0.1, 0.15) is 0 Å². The van der Waals surface area contributed by atoms with E-state index in [4.69, 9.17) is 5.84 Å². The van der Waals surface area contributed by atoms with Crippen LogP contribution in [0.1, 0.15) is 61.6 Å². The van der Waals surface area contributed by atoms with E-state index in [1.807, 2.05) is 0 Å². The summed E-state index contributed by atoms with van der Waals surface area (Å²) in [6.45, 7) is 4.37. The van der Waals surface area contributed by atoms with Crippen LogP contribution in [0, 0.1) is 19.8 Å². The van der Waals surface area contributed by atoms with Crippen LogP contribution in [0.15, 0.2) is 18.2 Å². The number of hydrogen-bond acceptors (Lipinski definition) is 2. The van der Waals surface area contributed by atoms with E-state index in [0.717, 1.165) is 12.3 Å². The Balaban J connectivity index is 1.95. The van der Waals surface area contributed by atoms with E-state index in [9.17, 15) is 0 Å². The minimum absolute atomic E-state index is 0.415. The third kappa shape index (κ3) is 4.60. The summed E-state index contributed by atoms with van der Waals surface area (Å²) in [5.74, 6) is 6.68. The Kier molecular flexibility index (Phi) is 6.06. The van der Waals surface area contributed by atoms with Crippen molar-refractivity contribution in [2.75, 3.05) is 0 Å². The third-order valence-corrected chi connectivity index (χ3v) is 4.80. The molecular formula is C18H30N2.